The van der Waals surface area contributed by atoms with Gasteiger partial charge in [0.05, 0.1) is 18.4 Å². The van der Waals surface area contributed by atoms with Crippen molar-refractivity contribution >= 4 is 17.7 Å². The van der Waals surface area contributed by atoms with Crippen LogP contribution < -0.4 is 11.0 Å². The zero-order valence-corrected chi connectivity index (χ0v) is 16.7. The predicted octanol–water partition coefficient (Wildman–Crippen LogP) is 2.32. The van der Waals surface area contributed by atoms with Gasteiger partial charge in [-0.1, -0.05) is 42.1 Å². The molecule has 28 heavy (non-hydrogen) atoms. The van der Waals surface area contributed by atoms with Crippen LogP contribution in [0.1, 0.15) is 36.1 Å². The Bertz CT molecular complexity index is 892. The second-order valence-electron chi connectivity index (χ2n) is 7.27. The molecule has 0 unspecified atom stereocenters. The van der Waals surface area contributed by atoms with Gasteiger partial charge in [0, 0.05) is 24.4 Å². The third kappa shape index (κ3) is 4.47. The number of amides is 1. The first kappa shape index (κ1) is 19.2. The molecule has 148 valence electrons. The van der Waals surface area contributed by atoms with Crippen LogP contribution >= 0.6 is 11.8 Å². The summed E-state index contributed by atoms with van der Waals surface area (Å²) >= 11 is 1.37. The fraction of sp³-hybridized carbons (Fsp3) is 0.476. The molecular weight excluding hydrogens is 374 g/mol. The van der Waals surface area contributed by atoms with E-state index in [0.29, 0.717) is 13.1 Å². The summed E-state index contributed by atoms with van der Waals surface area (Å²) in [6.07, 6.45) is 5.02. The topological polar surface area (TPSA) is 73.2 Å². The maximum Gasteiger partial charge on any atom is 0.348 e. The van der Waals surface area contributed by atoms with E-state index in [9.17, 15) is 9.59 Å². The highest BCUT2D eigenvalue weighted by Crippen LogP contribution is 2.29. The van der Waals surface area contributed by atoms with E-state index in [0.717, 1.165) is 60.6 Å². The molecule has 0 bridgehead atoms. The fourth-order valence-electron chi connectivity index (χ4n) is 3.87. The number of carbonyl (C=O) groups excluding carboxylic acids is 1. The van der Waals surface area contributed by atoms with Crippen molar-refractivity contribution in [1.29, 1.82) is 0 Å². The number of ether oxygens (including phenoxy) is 1. The van der Waals surface area contributed by atoms with E-state index in [-0.39, 0.29) is 23.5 Å². The molecule has 1 N–H and O–H groups in total. The first-order chi connectivity index (χ1) is 13.7. The quantitative estimate of drug-likeness (QED) is 0.571. The number of thioether (sulfide) groups is 1. The van der Waals surface area contributed by atoms with Gasteiger partial charge in [-0.3, -0.25) is 9.36 Å². The Labute approximate surface area is 168 Å². The average Bonchev–Trinajstić information content (AvgIpc) is 3.40. The highest BCUT2D eigenvalue weighted by molar-refractivity contribution is 7.99. The van der Waals surface area contributed by atoms with Crippen LogP contribution in [0.2, 0.25) is 0 Å². The lowest BCUT2D eigenvalue weighted by atomic mass is 10.2. The Kier molecular flexibility index (Phi) is 6.12. The van der Waals surface area contributed by atoms with Crippen molar-refractivity contribution in [1.82, 2.24) is 14.9 Å². The second-order valence-corrected chi connectivity index (χ2v) is 8.24. The van der Waals surface area contributed by atoms with Crippen molar-refractivity contribution in [2.45, 2.75) is 56.3 Å². The van der Waals surface area contributed by atoms with Gasteiger partial charge in [-0.05, 0) is 37.7 Å². The van der Waals surface area contributed by atoms with Crippen molar-refractivity contribution in [3.63, 3.8) is 0 Å². The van der Waals surface area contributed by atoms with E-state index in [2.05, 4.69) is 10.3 Å². The van der Waals surface area contributed by atoms with Crippen LogP contribution in [0.5, 0.6) is 0 Å². The third-order valence-electron chi connectivity index (χ3n) is 5.28. The summed E-state index contributed by atoms with van der Waals surface area (Å²) in [5, 5.41) is 3.64. The molecule has 1 fully saturated rings. The van der Waals surface area contributed by atoms with Gasteiger partial charge >= 0.3 is 5.69 Å². The molecule has 0 saturated carbocycles. The van der Waals surface area contributed by atoms with E-state index in [1.54, 1.807) is 4.57 Å². The SMILES string of the molecule is O=C(CSc1nc(=O)n(C[C@H]2CCCO2)c2c1CCC2)NCc1ccccc1. The molecule has 6 nitrogen and oxygen atoms in total. The Morgan fingerprint density at radius 1 is 1.25 bits per heavy atom. The summed E-state index contributed by atoms with van der Waals surface area (Å²) in [6.45, 7) is 1.88. The summed E-state index contributed by atoms with van der Waals surface area (Å²) in [6, 6.07) is 9.82. The van der Waals surface area contributed by atoms with Crippen molar-refractivity contribution in [2.75, 3.05) is 12.4 Å². The molecule has 1 aliphatic carbocycles. The number of hydrogen-bond donors (Lipinski definition) is 1. The Morgan fingerprint density at radius 2 is 2.11 bits per heavy atom. The average molecular weight is 400 g/mol. The number of nitrogens with one attached hydrogen (secondary N) is 1. The van der Waals surface area contributed by atoms with E-state index >= 15 is 0 Å². The summed E-state index contributed by atoms with van der Waals surface area (Å²) in [5.41, 5.74) is 3.07. The maximum atomic E-state index is 12.6. The van der Waals surface area contributed by atoms with Gasteiger partial charge < -0.3 is 10.1 Å². The molecule has 1 aromatic heterocycles. The maximum absolute atomic E-state index is 12.6. The lowest BCUT2D eigenvalue weighted by molar-refractivity contribution is -0.118. The predicted molar refractivity (Wildman–Crippen MR) is 109 cm³/mol. The molecule has 1 saturated heterocycles. The first-order valence-electron chi connectivity index (χ1n) is 9.88. The number of carbonyl (C=O) groups is 1. The van der Waals surface area contributed by atoms with Crippen LogP contribution in [0, 0.1) is 0 Å². The molecule has 4 rings (SSSR count). The lowest BCUT2D eigenvalue weighted by Crippen LogP contribution is -2.32. The van der Waals surface area contributed by atoms with Crippen molar-refractivity contribution in [3.8, 4) is 0 Å². The minimum absolute atomic E-state index is 0.0501. The van der Waals surface area contributed by atoms with Gasteiger partial charge in [0.1, 0.15) is 5.03 Å². The van der Waals surface area contributed by atoms with Gasteiger partial charge in [-0.15, -0.1) is 0 Å². The number of aromatic nitrogens is 2. The van der Waals surface area contributed by atoms with E-state index in [1.165, 1.54) is 11.8 Å². The summed E-state index contributed by atoms with van der Waals surface area (Å²) in [7, 11) is 0. The molecule has 0 radical (unpaired) electrons. The van der Waals surface area contributed by atoms with Crippen LogP contribution in [0.3, 0.4) is 0 Å². The molecular formula is C21H25N3O3S. The molecule has 1 aliphatic heterocycles. The van der Waals surface area contributed by atoms with Crippen molar-refractivity contribution < 1.29 is 9.53 Å². The molecule has 2 aliphatic rings. The molecule has 1 aromatic carbocycles. The van der Waals surface area contributed by atoms with Crippen molar-refractivity contribution in [3.05, 3.63) is 57.6 Å². The zero-order chi connectivity index (χ0) is 19.3. The second kappa shape index (κ2) is 8.92. The minimum Gasteiger partial charge on any atom is -0.376 e. The van der Waals surface area contributed by atoms with Gasteiger partial charge in [-0.2, -0.15) is 4.98 Å². The van der Waals surface area contributed by atoms with E-state index in [4.69, 9.17) is 4.74 Å². The van der Waals surface area contributed by atoms with Crippen LogP contribution in [-0.2, 0) is 35.5 Å². The number of benzene rings is 1. The van der Waals surface area contributed by atoms with Crippen LogP contribution in [0.4, 0.5) is 0 Å². The van der Waals surface area contributed by atoms with Gasteiger partial charge in [-0.25, -0.2) is 4.79 Å². The summed E-state index contributed by atoms with van der Waals surface area (Å²) in [5.74, 6) is 0.215. The normalized spacial score (nSPS) is 18.2. The summed E-state index contributed by atoms with van der Waals surface area (Å²) in [4.78, 5) is 29.1. The van der Waals surface area contributed by atoms with E-state index < -0.39 is 0 Å². The molecule has 7 heteroatoms. The summed E-state index contributed by atoms with van der Waals surface area (Å²) < 4.78 is 7.50. The van der Waals surface area contributed by atoms with Gasteiger partial charge in [0.2, 0.25) is 5.91 Å². The molecule has 2 heterocycles. The standard InChI is InChI=1S/C21H25N3O3S/c25-19(22-12-15-6-2-1-3-7-15)14-28-20-17-9-4-10-18(17)24(21(26)23-20)13-16-8-5-11-27-16/h1-3,6-7,16H,4-5,8-14H2,(H,22,25)/t16-/m1/s1. The lowest BCUT2D eigenvalue weighted by Gasteiger charge is -2.17. The Morgan fingerprint density at radius 3 is 2.89 bits per heavy atom. The Balaban J connectivity index is 1.40. The smallest absolute Gasteiger partial charge is 0.348 e. The van der Waals surface area contributed by atoms with Gasteiger partial charge in [0.15, 0.2) is 0 Å². The zero-order valence-electron chi connectivity index (χ0n) is 15.9. The van der Waals surface area contributed by atoms with Crippen molar-refractivity contribution in [2.24, 2.45) is 0 Å². The first-order valence-corrected chi connectivity index (χ1v) is 10.9. The molecule has 1 amide bonds. The number of fused-ring (bicyclic) bond motifs is 1. The molecule has 1 atom stereocenters. The van der Waals surface area contributed by atoms with Crippen LogP contribution in [-0.4, -0.2) is 33.9 Å². The Hall–Kier alpha value is -2.12. The molecule has 2 aromatic rings. The largest absolute Gasteiger partial charge is 0.376 e. The highest BCUT2D eigenvalue weighted by Gasteiger charge is 2.25. The van der Waals surface area contributed by atoms with E-state index in [1.807, 2.05) is 30.3 Å². The van der Waals surface area contributed by atoms with Gasteiger partial charge in [0.25, 0.3) is 0 Å². The number of rotatable bonds is 7. The third-order valence-corrected chi connectivity index (χ3v) is 6.30. The highest BCUT2D eigenvalue weighted by atomic mass is 32.2. The monoisotopic (exact) mass is 399 g/mol. The molecule has 0 spiro atoms. The number of hydrogen-bond acceptors (Lipinski definition) is 5. The van der Waals surface area contributed by atoms with Crippen LogP contribution in [0.15, 0.2) is 40.2 Å². The number of nitrogens with zero attached hydrogens (tertiary/aromatic N) is 2. The fourth-order valence-corrected chi connectivity index (χ4v) is 4.77. The van der Waals surface area contributed by atoms with Crippen LogP contribution in [0.25, 0.3) is 0 Å². The minimum atomic E-state index is -0.219.